The lowest BCUT2D eigenvalue weighted by atomic mass is 9.66. The number of nitrogens with one attached hydrogen (secondary N) is 1. The summed E-state index contributed by atoms with van der Waals surface area (Å²) in [5.74, 6) is -0.296. The van der Waals surface area contributed by atoms with E-state index in [1.807, 2.05) is 32.0 Å². The Morgan fingerprint density at radius 2 is 2.00 bits per heavy atom. The van der Waals surface area contributed by atoms with Crippen molar-refractivity contribution in [3.63, 3.8) is 0 Å². The van der Waals surface area contributed by atoms with Gasteiger partial charge in [-0.3, -0.25) is 9.59 Å². The minimum absolute atomic E-state index is 0.0415. The molecule has 1 amide bonds. The van der Waals surface area contributed by atoms with Gasteiger partial charge in [-0.05, 0) is 56.0 Å². The summed E-state index contributed by atoms with van der Waals surface area (Å²) in [6.07, 6.45) is 3.46. The van der Waals surface area contributed by atoms with Crippen LogP contribution in [0.2, 0.25) is 0 Å². The highest BCUT2D eigenvalue weighted by Gasteiger charge is 2.45. The van der Waals surface area contributed by atoms with Crippen LogP contribution in [0.1, 0.15) is 36.8 Å². The Hall–Kier alpha value is -2.89. The topological polar surface area (TPSA) is 88.5 Å². The fourth-order valence-electron chi connectivity index (χ4n) is 3.08. The first-order chi connectivity index (χ1) is 12.4. The third-order valence-corrected chi connectivity index (χ3v) is 5.07. The van der Waals surface area contributed by atoms with Crippen LogP contribution in [-0.2, 0) is 9.59 Å². The number of carboxylic acids is 1. The first-order valence-corrected chi connectivity index (χ1v) is 8.64. The fourth-order valence-corrected chi connectivity index (χ4v) is 3.08. The van der Waals surface area contributed by atoms with Gasteiger partial charge in [-0.15, -0.1) is 0 Å². The maximum Gasteiger partial charge on any atom is 0.310 e. The second-order valence-corrected chi connectivity index (χ2v) is 6.82. The molecule has 2 aromatic rings. The largest absolute Gasteiger partial charge is 0.481 e. The van der Waals surface area contributed by atoms with Gasteiger partial charge < -0.3 is 15.2 Å². The smallest absolute Gasteiger partial charge is 0.310 e. The molecule has 0 aliphatic heterocycles. The lowest BCUT2D eigenvalue weighted by Crippen LogP contribution is -2.41. The normalized spacial score (nSPS) is 15.0. The van der Waals surface area contributed by atoms with Gasteiger partial charge in [-0.2, -0.15) is 0 Å². The van der Waals surface area contributed by atoms with Crippen LogP contribution in [0, 0.1) is 19.3 Å². The van der Waals surface area contributed by atoms with E-state index in [2.05, 4.69) is 10.3 Å². The summed E-state index contributed by atoms with van der Waals surface area (Å²) in [4.78, 5) is 28.1. The molecule has 26 heavy (non-hydrogen) atoms. The van der Waals surface area contributed by atoms with Crippen LogP contribution in [0.15, 0.2) is 36.5 Å². The average Bonchev–Trinajstić information content (AvgIpc) is 2.56. The van der Waals surface area contributed by atoms with E-state index in [4.69, 9.17) is 4.74 Å². The van der Waals surface area contributed by atoms with Crippen molar-refractivity contribution in [2.24, 2.45) is 5.41 Å². The first-order valence-electron chi connectivity index (χ1n) is 8.64. The Kier molecular flexibility index (Phi) is 4.93. The molecule has 136 valence electrons. The number of carbonyl (C=O) groups is 2. The Morgan fingerprint density at radius 3 is 2.65 bits per heavy atom. The summed E-state index contributed by atoms with van der Waals surface area (Å²) < 4.78 is 5.90. The van der Waals surface area contributed by atoms with Crippen molar-refractivity contribution in [1.29, 1.82) is 0 Å². The van der Waals surface area contributed by atoms with Gasteiger partial charge in [0.05, 0.1) is 5.41 Å². The van der Waals surface area contributed by atoms with Crippen LogP contribution in [0.3, 0.4) is 0 Å². The monoisotopic (exact) mass is 354 g/mol. The number of aryl methyl sites for hydroxylation is 1. The number of aliphatic carboxylic acids is 1. The summed E-state index contributed by atoms with van der Waals surface area (Å²) >= 11 is 0. The average molecular weight is 354 g/mol. The van der Waals surface area contributed by atoms with Gasteiger partial charge in [0.15, 0.2) is 0 Å². The highest BCUT2D eigenvalue weighted by Crippen LogP contribution is 2.44. The van der Waals surface area contributed by atoms with Crippen molar-refractivity contribution < 1.29 is 19.4 Å². The van der Waals surface area contributed by atoms with Gasteiger partial charge in [0.25, 0.3) is 0 Å². The van der Waals surface area contributed by atoms with E-state index >= 15 is 0 Å². The molecule has 0 atom stereocenters. The Bertz CT molecular complexity index is 843. The maximum atomic E-state index is 12.4. The third kappa shape index (κ3) is 3.54. The summed E-state index contributed by atoms with van der Waals surface area (Å²) in [5, 5.41) is 12.1. The van der Waals surface area contributed by atoms with Gasteiger partial charge in [-0.25, -0.2) is 4.98 Å². The molecule has 1 saturated carbocycles. The molecule has 0 radical (unpaired) electrons. The molecule has 1 aromatic heterocycles. The molecular formula is C20H22N2O4. The molecule has 1 aliphatic carbocycles. The number of rotatable bonds is 6. The molecule has 3 rings (SSSR count). The zero-order chi connectivity index (χ0) is 18.7. The Balaban J connectivity index is 1.76. The molecule has 0 spiro atoms. The summed E-state index contributed by atoms with van der Waals surface area (Å²) in [6, 6.07) is 9.12. The number of hydrogen-bond acceptors (Lipinski definition) is 4. The second-order valence-electron chi connectivity index (χ2n) is 6.82. The summed E-state index contributed by atoms with van der Waals surface area (Å²) in [6.45, 7) is 3.95. The minimum Gasteiger partial charge on any atom is -0.481 e. The Morgan fingerprint density at radius 1 is 1.23 bits per heavy atom. The zero-order valence-electron chi connectivity index (χ0n) is 14.9. The molecule has 1 heterocycles. The molecule has 1 aliphatic rings. The van der Waals surface area contributed by atoms with Gasteiger partial charge in [0, 0.05) is 12.6 Å². The summed E-state index contributed by atoms with van der Waals surface area (Å²) in [5.41, 5.74) is 1.59. The van der Waals surface area contributed by atoms with Gasteiger partial charge in [0.2, 0.25) is 11.8 Å². The summed E-state index contributed by atoms with van der Waals surface area (Å²) in [7, 11) is 0. The lowest BCUT2D eigenvalue weighted by Gasteiger charge is -2.36. The van der Waals surface area contributed by atoms with E-state index in [0.717, 1.165) is 17.5 Å². The van der Waals surface area contributed by atoms with Crippen LogP contribution in [0.4, 0.5) is 5.69 Å². The van der Waals surface area contributed by atoms with E-state index in [9.17, 15) is 14.7 Å². The van der Waals surface area contributed by atoms with Crippen LogP contribution in [0.25, 0.3) is 0 Å². The van der Waals surface area contributed by atoms with E-state index in [1.54, 1.807) is 18.3 Å². The minimum atomic E-state index is -0.930. The van der Waals surface area contributed by atoms with E-state index in [-0.39, 0.29) is 18.2 Å². The second kappa shape index (κ2) is 7.15. The number of pyridine rings is 1. The van der Waals surface area contributed by atoms with Crippen molar-refractivity contribution >= 4 is 17.6 Å². The van der Waals surface area contributed by atoms with Gasteiger partial charge in [0.1, 0.15) is 11.4 Å². The number of amides is 1. The maximum absolute atomic E-state index is 12.4. The van der Waals surface area contributed by atoms with Gasteiger partial charge >= 0.3 is 5.97 Å². The molecule has 1 fully saturated rings. The predicted octanol–water partition coefficient (Wildman–Crippen LogP) is 4.07. The quantitative estimate of drug-likeness (QED) is 0.816. The van der Waals surface area contributed by atoms with Crippen molar-refractivity contribution in [1.82, 2.24) is 4.98 Å². The highest BCUT2D eigenvalue weighted by atomic mass is 16.5. The van der Waals surface area contributed by atoms with Crippen LogP contribution in [0.5, 0.6) is 11.6 Å². The van der Waals surface area contributed by atoms with Crippen molar-refractivity contribution in [2.75, 3.05) is 5.32 Å². The van der Waals surface area contributed by atoms with Crippen LogP contribution >= 0.6 is 0 Å². The van der Waals surface area contributed by atoms with E-state index in [1.165, 1.54) is 0 Å². The van der Waals surface area contributed by atoms with Crippen molar-refractivity contribution in [3.05, 3.63) is 47.7 Å². The molecule has 0 unspecified atom stereocenters. The number of carbonyl (C=O) groups excluding carboxylic acids is 1. The molecule has 6 heteroatoms. The lowest BCUT2D eigenvalue weighted by molar-refractivity contribution is -0.157. The third-order valence-electron chi connectivity index (χ3n) is 5.07. The SMILES string of the molecule is Cc1cccc(Oc2ncccc2NC(=O)CC2(C(=O)O)CCC2)c1C. The number of carboxylic acid groups (broad SMARTS) is 1. The number of hydrogen-bond donors (Lipinski definition) is 2. The fraction of sp³-hybridized carbons (Fsp3) is 0.350. The van der Waals surface area contributed by atoms with Crippen molar-refractivity contribution in [3.8, 4) is 11.6 Å². The molecule has 0 saturated heterocycles. The standard InChI is InChI=1S/C20H22N2O4/c1-13-6-3-8-16(14(13)2)26-18-15(7-4-11-21-18)22-17(23)12-20(19(24)25)9-5-10-20/h3-4,6-8,11H,5,9-10,12H2,1-2H3,(H,22,23)(H,24,25). The van der Waals surface area contributed by atoms with E-state index in [0.29, 0.717) is 24.3 Å². The number of nitrogens with zero attached hydrogens (tertiary/aromatic N) is 1. The number of aromatic nitrogens is 1. The number of benzene rings is 1. The first kappa shape index (κ1) is 17.9. The Labute approximate surface area is 152 Å². The van der Waals surface area contributed by atoms with Gasteiger partial charge in [-0.1, -0.05) is 18.6 Å². The molecule has 1 aromatic carbocycles. The molecular weight excluding hydrogens is 332 g/mol. The van der Waals surface area contributed by atoms with Crippen LogP contribution in [-0.4, -0.2) is 22.0 Å². The zero-order valence-corrected chi connectivity index (χ0v) is 14.9. The predicted molar refractivity (Wildman–Crippen MR) is 97.4 cm³/mol. The molecule has 0 bridgehead atoms. The number of anilines is 1. The number of ether oxygens (including phenoxy) is 1. The van der Waals surface area contributed by atoms with E-state index < -0.39 is 11.4 Å². The van der Waals surface area contributed by atoms with Crippen LogP contribution < -0.4 is 10.1 Å². The highest BCUT2D eigenvalue weighted by molar-refractivity contribution is 5.95. The molecule has 6 nitrogen and oxygen atoms in total. The van der Waals surface area contributed by atoms with Crippen molar-refractivity contribution in [2.45, 2.75) is 39.5 Å². The molecule has 2 N–H and O–H groups in total.